The third-order valence-corrected chi connectivity index (χ3v) is 7.74. The maximum atomic E-state index is 13.7. The molecule has 2 bridgehead atoms. The summed E-state index contributed by atoms with van der Waals surface area (Å²) in [5, 5.41) is 23.5. The van der Waals surface area contributed by atoms with Gasteiger partial charge in [-0.3, -0.25) is 14.4 Å². The summed E-state index contributed by atoms with van der Waals surface area (Å²) < 4.78 is 8.12. The summed E-state index contributed by atoms with van der Waals surface area (Å²) in [6, 6.07) is 6.54. The maximum Gasteiger partial charge on any atom is 0.247 e. The normalized spacial score (nSPS) is 31.2. The van der Waals surface area contributed by atoms with E-state index in [9.17, 15) is 19.5 Å². The number of nitrogens with one attached hydrogen (secondary N) is 2. The third kappa shape index (κ3) is 3.59. The van der Waals surface area contributed by atoms with Crippen molar-refractivity contribution in [1.82, 2.24) is 30.5 Å². The molecule has 1 spiro atoms. The predicted molar refractivity (Wildman–Crippen MR) is 125 cm³/mol. The highest BCUT2D eigenvalue weighted by atomic mass is 16.5. The number of rotatable bonds is 9. The van der Waals surface area contributed by atoms with Crippen LogP contribution in [0.1, 0.15) is 39.5 Å². The first-order valence-electron chi connectivity index (χ1n) is 12.3. The number of aliphatic hydroxyl groups excluding tert-OH is 1. The zero-order valence-corrected chi connectivity index (χ0v) is 20.1. The van der Waals surface area contributed by atoms with E-state index in [0.29, 0.717) is 31.3 Å². The van der Waals surface area contributed by atoms with Gasteiger partial charge in [-0.2, -0.15) is 0 Å². The molecule has 4 heterocycles. The summed E-state index contributed by atoms with van der Waals surface area (Å²) in [6.45, 7) is 4.54. The quantitative estimate of drug-likeness (QED) is 0.461. The van der Waals surface area contributed by atoms with Crippen LogP contribution in [-0.4, -0.2) is 79.7 Å². The van der Waals surface area contributed by atoms with Gasteiger partial charge in [0.05, 0.1) is 23.0 Å². The number of hydrogen-bond donors (Lipinski definition) is 3. The molecule has 35 heavy (non-hydrogen) atoms. The number of aliphatic hydroxyl groups is 1. The van der Waals surface area contributed by atoms with Gasteiger partial charge >= 0.3 is 0 Å². The molecule has 0 radical (unpaired) electrons. The second-order valence-corrected chi connectivity index (χ2v) is 9.90. The average molecular weight is 485 g/mol. The van der Waals surface area contributed by atoms with Crippen molar-refractivity contribution in [2.45, 2.75) is 63.4 Å². The van der Waals surface area contributed by atoms with Gasteiger partial charge in [0.25, 0.3) is 0 Å². The molecule has 188 valence electrons. The molecule has 3 aliphatic rings. The van der Waals surface area contributed by atoms with Crippen molar-refractivity contribution in [1.29, 1.82) is 0 Å². The van der Waals surface area contributed by atoms with Crippen molar-refractivity contribution >= 4 is 28.8 Å². The number of carbonyl (C=O) groups is 3. The number of hydrogen-bond acceptors (Lipinski definition) is 7. The number of carbonyl (C=O) groups excluding carboxylic acids is 3. The maximum absolute atomic E-state index is 13.7. The molecule has 3 saturated heterocycles. The van der Waals surface area contributed by atoms with Crippen LogP contribution in [-0.2, 0) is 25.8 Å². The van der Waals surface area contributed by atoms with Gasteiger partial charge in [-0.15, -0.1) is 5.10 Å². The Morgan fingerprint density at radius 2 is 2.03 bits per heavy atom. The van der Waals surface area contributed by atoms with Crippen LogP contribution in [0.25, 0.3) is 11.0 Å². The lowest BCUT2D eigenvalue weighted by Gasteiger charge is -2.33. The second kappa shape index (κ2) is 8.87. The summed E-state index contributed by atoms with van der Waals surface area (Å²) in [5.41, 5.74) is -0.388. The Hall–Kier alpha value is -3.05. The van der Waals surface area contributed by atoms with Gasteiger partial charge in [0.1, 0.15) is 23.8 Å². The lowest BCUT2D eigenvalue weighted by atomic mass is 9.66. The number of aromatic nitrogens is 3. The number of ether oxygens (including phenoxy) is 1. The van der Waals surface area contributed by atoms with Crippen LogP contribution < -0.4 is 10.6 Å². The molecule has 2 unspecified atom stereocenters. The summed E-state index contributed by atoms with van der Waals surface area (Å²) in [7, 11) is 0. The number of nitrogens with zero attached hydrogens (tertiary/aromatic N) is 4. The van der Waals surface area contributed by atoms with Crippen molar-refractivity contribution in [2.75, 3.05) is 19.7 Å². The van der Waals surface area contributed by atoms with E-state index in [0.717, 1.165) is 11.9 Å². The van der Waals surface area contributed by atoms with Crippen molar-refractivity contribution in [3.8, 4) is 0 Å². The first-order chi connectivity index (χ1) is 16.9. The second-order valence-electron chi connectivity index (χ2n) is 9.90. The Balaban J connectivity index is 1.44. The van der Waals surface area contributed by atoms with E-state index in [1.165, 1.54) is 4.90 Å². The fourth-order valence-electron chi connectivity index (χ4n) is 6.25. The standard InChI is InChI=1S/C24H32N6O5/c1-3-11-25-20(32)17-18-22(34)29(12-6-13-31)19(24(18)10-9-23(17,2)35-24)21(33)26-14-30-16-8-5-4-7-15(16)27-28-30/h4-5,7-8,17-19,31H,3,6,9-14H2,1-2H3,(H,25,32)(H,26,33)/t17-,18+,19?,23+,24?/m1/s1. The minimum atomic E-state index is -1.08. The first-order valence-corrected chi connectivity index (χ1v) is 12.3. The summed E-state index contributed by atoms with van der Waals surface area (Å²) >= 11 is 0. The zero-order chi connectivity index (χ0) is 24.8. The minimum absolute atomic E-state index is 0.0797. The molecule has 2 aromatic rings. The van der Waals surface area contributed by atoms with Crippen molar-refractivity contribution in [2.24, 2.45) is 11.8 Å². The fourth-order valence-corrected chi connectivity index (χ4v) is 6.25. The lowest BCUT2D eigenvalue weighted by molar-refractivity contribution is -0.146. The van der Waals surface area contributed by atoms with Crippen LogP contribution in [0.15, 0.2) is 24.3 Å². The highest BCUT2D eigenvalue weighted by molar-refractivity contribution is 5.99. The highest BCUT2D eigenvalue weighted by Crippen LogP contribution is 2.63. The largest absolute Gasteiger partial charge is 0.396 e. The number of para-hydroxylation sites is 1. The lowest BCUT2D eigenvalue weighted by Crippen LogP contribution is -2.55. The Labute approximate surface area is 203 Å². The molecule has 3 fully saturated rings. The van der Waals surface area contributed by atoms with Gasteiger partial charge in [0.2, 0.25) is 17.7 Å². The molecule has 11 heteroatoms. The summed E-state index contributed by atoms with van der Waals surface area (Å²) in [5.74, 6) is -2.22. The van der Waals surface area contributed by atoms with Crippen LogP contribution in [0, 0.1) is 11.8 Å². The van der Waals surface area contributed by atoms with Crippen LogP contribution in [0.2, 0.25) is 0 Å². The molecule has 5 rings (SSSR count). The monoisotopic (exact) mass is 484 g/mol. The van der Waals surface area contributed by atoms with Gasteiger partial charge in [0, 0.05) is 19.7 Å². The van der Waals surface area contributed by atoms with Crippen LogP contribution >= 0.6 is 0 Å². The third-order valence-electron chi connectivity index (χ3n) is 7.74. The van der Waals surface area contributed by atoms with Crippen molar-refractivity contribution in [3.63, 3.8) is 0 Å². The summed E-state index contributed by atoms with van der Waals surface area (Å²) in [6.07, 6.45) is 2.21. The number of fused-ring (bicyclic) bond motifs is 2. The summed E-state index contributed by atoms with van der Waals surface area (Å²) in [4.78, 5) is 42.0. The fraction of sp³-hybridized carbons (Fsp3) is 0.625. The van der Waals surface area contributed by atoms with E-state index in [2.05, 4.69) is 20.9 Å². The van der Waals surface area contributed by atoms with Crippen LogP contribution in [0.5, 0.6) is 0 Å². The molecule has 1 aromatic carbocycles. The Bertz CT molecular complexity index is 1150. The van der Waals surface area contributed by atoms with E-state index in [1.54, 1.807) is 4.68 Å². The van der Waals surface area contributed by atoms with E-state index in [-0.39, 0.29) is 37.5 Å². The number of benzene rings is 1. The molecular formula is C24H32N6O5. The van der Waals surface area contributed by atoms with Crippen molar-refractivity contribution in [3.05, 3.63) is 24.3 Å². The van der Waals surface area contributed by atoms with E-state index in [4.69, 9.17) is 4.74 Å². The number of likely N-dealkylation sites (tertiary alicyclic amines) is 1. The molecule has 0 saturated carbocycles. The van der Waals surface area contributed by atoms with Gasteiger partial charge in [0.15, 0.2) is 0 Å². The molecule has 11 nitrogen and oxygen atoms in total. The zero-order valence-electron chi connectivity index (χ0n) is 20.1. The Morgan fingerprint density at radius 1 is 1.23 bits per heavy atom. The van der Waals surface area contributed by atoms with Crippen LogP contribution in [0.3, 0.4) is 0 Å². The molecule has 3 N–H and O–H groups in total. The topological polar surface area (TPSA) is 139 Å². The number of amides is 3. The van der Waals surface area contributed by atoms with Gasteiger partial charge < -0.3 is 25.4 Å². The van der Waals surface area contributed by atoms with E-state index in [1.807, 2.05) is 38.1 Å². The SMILES string of the molecule is CCCNC(=O)[C@H]1[C@H]2C(=O)N(CCCO)C(C(=O)NCn3nnc4ccccc43)C23CC[C@]1(C)O3. The highest BCUT2D eigenvalue weighted by Gasteiger charge is 2.77. The minimum Gasteiger partial charge on any atom is -0.396 e. The van der Waals surface area contributed by atoms with Crippen molar-refractivity contribution < 1.29 is 24.2 Å². The molecule has 5 atom stereocenters. The molecular weight excluding hydrogens is 452 g/mol. The van der Waals surface area contributed by atoms with Gasteiger partial charge in [-0.1, -0.05) is 24.3 Å². The Kier molecular flexibility index (Phi) is 6.00. The first kappa shape index (κ1) is 23.7. The van der Waals surface area contributed by atoms with Crippen LogP contribution in [0.4, 0.5) is 0 Å². The molecule has 3 aliphatic heterocycles. The molecule has 0 aliphatic carbocycles. The smallest absolute Gasteiger partial charge is 0.247 e. The van der Waals surface area contributed by atoms with Gasteiger partial charge in [-0.25, -0.2) is 4.68 Å². The van der Waals surface area contributed by atoms with Gasteiger partial charge in [-0.05, 0) is 44.7 Å². The molecule has 1 aromatic heterocycles. The van der Waals surface area contributed by atoms with E-state index >= 15 is 0 Å². The van der Waals surface area contributed by atoms with E-state index < -0.39 is 29.1 Å². The predicted octanol–water partition coefficient (Wildman–Crippen LogP) is 0.178. The Morgan fingerprint density at radius 3 is 2.80 bits per heavy atom. The molecule has 3 amide bonds. The average Bonchev–Trinajstić information content (AvgIpc) is 3.55.